The van der Waals surface area contributed by atoms with E-state index in [0.29, 0.717) is 44.7 Å². The molecule has 1 aromatic heterocycles. The van der Waals surface area contributed by atoms with Gasteiger partial charge in [-0.1, -0.05) is 6.07 Å². The van der Waals surface area contributed by atoms with E-state index in [4.69, 9.17) is 22.6 Å². The van der Waals surface area contributed by atoms with Crippen LogP contribution in [0.3, 0.4) is 0 Å². The number of fused-ring (bicyclic) bond motifs is 1. The van der Waals surface area contributed by atoms with Gasteiger partial charge in [-0.05, 0) is 65.2 Å². The monoisotopic (exact) mass is 517 g/mol. The van der Waals surface area contributed by atoms with Crippen LogP contribution < -0.4 is 17.2 Å². The molecule has 0 aliphatic carbocycles. The summed E-state index contributed by atoms with van der Waals surface area (Å²) in [6.45, 7) is -1.60. The van der Waals surface area contributed by atoms with Crippen LogP contribution in [-0.2, 0) is 16.8 Å². The van der Waals surface area contributed by atoms with Crippen LogP contribution in [0.1, 0.15) is 16.7 Å². The quantitative estimate of drug-likeness (QED) is 0.113. The number of aliphatic carboxylic acids is 1. The number of imidazole rings is 1. The average molecular weight is 518 g/mol. The van der Waals surface area contributed by atoms with Crippen LogP contribution in [0.25, 0.3) is 33.5 Å². The Kier molecular flexibility index (Phi) is 7.02. The highest BCUT2D eigenvalue weighted by Crippen LogP contribution is 2.37. The number of aromatic nitrogens is 2. The number of aliphatic imine (C=N–C) groups is 1. The predicted octanol–water partition coefficient (Wildman–Crippen LogP) is 0.967. The van der Waals surface area contributed by atoms with Gasteiger partial charge in [-0.2, -0.15) is 0 Å². The number of aromatic amines is 1. The number of carbonyl (C=O) groups is 1. The minimum Gasteiger partial charge on any atom is -0.507 e. The van der Waals surface area contributed by atoms with Crippen molar-refractivity contribution in [1.29, 1.82) is 5.41 Å². The molecule has 0 atom stereocenters. The molecule has 12 N–H and O–H groups in total. The molecule has 12 heteroatoms. The number of H-pyrrole nitrogens is 1. The van der Waals surface area contributed by atoms with Gasteiger partial charge in [0.2, 0.25) is 0 Å². The van der Waals surface area contributed by atoms with Crippen molar-refractivity contribution in [2.45, 2.75) is 12.0 Å². The van der Waals surface area contributed by atoms with Gasteiger partial charge in [0.05, 0.1) is 30.8 Å². The molecule has 0 fully saturated rings. The number of benzene rings is 3. The first kappa shape index (κ1) is 26.1. The highest BCUT2D eigenvalue weighted by Gasteiger charge is 2.40. The second kappa shape index (κ2) is 10.2. The lowest BCUT2D eigenvalue weighted by atomic mass is 9.79. The number of aliphatic hydroxyl groups is 2. The Balaban J connectivity index is 1.96. The normalized spacial score (nSPS) is 11.4. The summed E-state index contributed by atoms with van der Waals surface area (Å²) in [5.41, 5.74) is 18.1. The molecule has 38 heavy (non-hydrogen) atoms. The third kappa shape index (κ3) is 4.85. The van der Waals surface area contributed by atoms with Gasteiger partial charge in [0.15, 0.2) is 5.96 Å². The lowest BCUT2D eigenvalue weighted by Crippen LogP contribution is -2.43. The molecule has 0 saturated heterocycles. The molecule has 1 heterocycles. The summed E-state index contributed by atoms with van der Waals surface area (Å²) in [5, 5.41) is 48.4. The minimum absolute atomic E-state index is 0.0915. The van der Waals surface area contributed by atoms with Crippen LogP contribution in [0.2, 0.25) is 0 Å². The maximum Gasteiger partial charge on any atom is 0.318 e. The van der Waals surface area contributed by atoms with Crippen LogP contribution in [-0.4, -0.2) is 61.4 Å². The Morgan fingerprint density at radius 2 is 1.71 bits per heavy atom. The lowest BCUT2D eigenvalue weighted by molar-refractivity contribution is -0.147. The van der Waals surface area contributed by atoms with Gasteiger partial charge in [0.1, 0.15) is 22.8 Å². The number of carboxylic acid groups (broad SMARTS) is 1. The zero-order chi connectivity index (χ0) is 27.6. The van der Waals surface area contributed by atoms with Crippen molar-refractivity contribution >= 4 is 28.8 Å². The summed E-state index contributed by atoms with van der Waals surface area (Å²) < 4.78 is 0. The first-order valence-electron chi connectivity index (χ1n) is 11.4. The predicted molar refractivity (Wildman–Crippen MR) is 143 cm³/mol. The summed E-state index contributed by atoms with van der Waals surface area (Å²) in [6, 6.07) is 14.5. The molecule has 4 rings (SSSR count). The van der Waals surface area contributed by atoms with E-state index in [1.165, 1.54) is 18.2 Å². The molecule has 0 saturated carbocycles. The fraction of sp³-hybridized carbons (Fsp3) is 0.154. The Morgan fingerprint density at radius 1 is 1.00 bits per heavy atom. The molecule has 3 aromatic carbocycles. The number of hydrogen-bond donors (Lipinski definition) is 9. The molecular formula is C26H27N7O5. The van der Waals surface area contributed by atoms with Crippen molar-refractivity contribution in [3.8, 4) is 28.3 Å². The number of hydrogen-bond acceptors (Lipinski definition) is 7. The van der Waals surface area contributed by atoms with Gasteiger partial charge in [-0.25, -0.2) is 9.98 Å². The number of nitrogens with one attached hydrogen (secondary N) is 2. The third-order valence-electron chi connectivity index (χ3n) is 6.32. The fourth-order valence-electron chi connectivity index (χ4n) is 4.10. The van der Waals surface area contributed by atoms with Gasteiger partial charge in [-0.15, -0.1) is 0 Å². The van der Waals surface area contributed by atoms with E-state index in [1.807, 2.05) is 0 Å². The number of guanidine groups is 1. The van der Waals surface area contributed by atoms with E-state index >= 15 is 0 Å². The standard InChI is InChI=1S/C26H27N7O5/c27-22(28)14-2-3-19-20(9-14)33-23(32-19)16-6-15(7-17(8-16)26(11-34,12-35)24(37)38)18-5-13(1-4-21(18)36)10-31-25(29)30/h1-9,34-36H,10-12H2,(H3,27,28)(H,32,33)(H,37,38)(H4,29,30,31). The highest BCUT2D eigenvalue weighted by atomic mass is 16.4. The second-order valence-corrected chi connectivity index (χ2v) is 8.83. The average Bonchev–Trinajstić information content (AvgIpc) is 3.32. The van der Waals surface area contributed by atoms with Crippen LogP contribution in [0, 0.1) is 5.41 Å². The Morgan fingerprint density at radius 3 is 2.34 bits per heavy atom. The van der Waals surface area contributed by atoms with E-state index in [2.05, 4.69) is 15.0 Å². The van der Waals surface area contributed by atoms with Crippen LogP contribution in [0.15, 0.2) is 59.6 Å². The molecule has 4 aromatic rings. The van der Waals surface area contributed by atoms with Crippen molar-refractivity contribution in [3.05, 3.63) is 71.3 Å². The van der Waals surface area contributed by atoms with Gasteiger partial charge < -0.3 is 42.6 Å². The second-order valence-electron chi connectivity index (χ2n) is 8.83. The van der Waals surface area contributed by atoms with Crippen molar-refractivity contribution in [3.63, 3.8) is 0 Å². The van der Waals surface area contributed by atoms with E-state index in [-0.39, 0.29) is 29.7 Å². The summed E-state index contributed by atoms with van der Waals surface area (Å²) >= 11 is 0. The number of nitrogen functional groups attached to an aromatic ring is 1. The first-order valence-corrected chi connectivity index (χ1v) is 11.4. The smallest absolute Gasteiger partial charge is 0.318 e. The highest BCUT2D eigenvalue weighted by molar-refractivity contribution is 5.98. The van der Waals surface area contributed by atoms with E-state index in [0.717, 1.165) is 0 Å². The van der Waals surface area contributed by atoms with Crippen molar-refractivity contribution < 1.29 is 25.2 Å². The first-order chi connectivity index (χ1) is 18.1. The summed E-state index contributed by atoms with van der Waals surface area (Å²) in [7, 11) is 0. The number of rotatable bonds is 9. The summed E-state index contributed by atoms with van der Waals surface area (Å²) in [5.74, 6) is -1.37. The van der Waals surface area contributed by atoms with Crippen molar-refractivity contribution in [2.75, 3.05) is 13.2 Å². The van der Waals surface area contributed by atoms with Crippen molar-refractivity contribution in [1.82, 2.24) is 9.97 Å². The van der Waals surface area contributed by atoms with Gasteiger partial charge >= 0.3 is 5.97 Å². The molecule has 0 spiro atoms. The Hall–Kier alpha value is -4.94. The maximum absolute atomic E-state index is 12.2. The zero-order valence-electron chi connectivity index (χ0n) is 20.1. The number of carboxylic acids is 1. The topological polar surface area (TPSA) is 241 Å². The van der Waals surface area contributed by atoms with Crippen LogP contribution in [0.5, 0.6) is 5.75 Å². The summed E-state index contributed by atoms with van der Waals surface area (Å²) in [6.07, 6.45) is 0. The number of phenols is 1. The molecule has 0 amide bonds. The largest absolute Gasteiger partial charge is 0.507 e. The number of nitrogens with two attached hydrogens (primary N) is 3. The van der Waals surface area contributed by atoms with Crippen LogP contribution >= 0.6 is 0 Å². The summed E-state index contributed by atoms with van der Waals surface area (Å²) in [4.78, 5) is 23.9. The van der Waals surface area contributed by atoms with Gasteiger partial charge in [-0.3, -0.25) is 10.2 Å². The van der Waals surface area contributed by atoms with Crippen molar-refractivity contribution in [2.24, 2.45) is 22.2 Å². The van der Waals surface area contributed by atoms with E-state index < -0.39 is 24.6 Å². The molecule has 196 valence electrons. The number of amidine groups is 1. The fourth-order valence-corrected chi connectivity index (χ4v) is 4.10. The molecule has 0 bridgehead atoms. The lowest BCUT2D eigenvalue weighted by Gasteiger charge is -2.26. The number of phenolic OH excluding ortho intramolecular Hbond substituents is 1. The minimum atomic E-state index is -2.02. The Bertz CT molecular complexity index is 1570. The van der Waals surface area contributed by atoms with Gasteiger partial charge in [0.25, 0.3) is 0 Å². The van der Waals surface area contributed by atoms with E-state index in [1.54, 1.807) is 36.4 Å². The van der Waals surface area contributed by atoms with E-state index in [9.17, 15) is 25.2 Å². The Labute approximate surface area is 216 Å². The number of aliphatic hydroxyl groups excluding tert-OH is 2. The zero-order valence-corrected chi connectivity index (χ0v) is 20.1. The number of nitrogens with zero attached hydrogens (tertiary/aromatic N) is 2. The molecule has 0 unspecified atom stereocenters. The molecular weight excluding hydrogens is 490 g/mol. The molecule has 0 aliphatic rings. The SMILES string of the molecule is N=C(N)c1ccc2nc(-c3cc(-c4cc(CN=C(N)N)ccc4O)cc(C(CO)(CO)C(=O)O)c3)[nH]c2c1. The number of aromatic hydroxyl groups is 1. The molecule has 12 nitrogen and oxygen atoms in total. The molecule has 0 aliphatic heterocycles. The van der Waals surface area contributed by atoms with Crippen LogP contribution in [0.4, 0.5) is 0 Å². The van der Waals surface area contributed by atoms with Gasteiger partial charge in [0, 0.05) is 16.7 Å². The molecule has 0 radical (unpaired) electrons. The maximum atomic E-state index is 12.2. The third-order valence-corrected chi connectivity index (χ3v) is 6.32.